The number of para-hydroxylation sites is 1. The number of fused-ring (bicyclic) bond motifs is 1. The van der Waals surface area contributed by atoms with Gasteiger partial charge in [0, 0.05) is 10.4 Å². The Morgan fingerprint density at radius 1 is 1.04 bits per heavy atom. The molecule has 126 valence electrons. The third kappa shape index (κ3) is 3.81. The molecule has 0 radical (unpaired) electrons. The zero-order valence-corrected chi connectivity index (χ0v) is 13.9. The molecule has 2 aromatic carbocycles. The molecule has 0 saturated heterocycles. The SMILES string of the molecule is O=C(NC(=O)c1cc2cc(Cl)cc(Cl)c2oc1=O)Oc1ccccc1. The van der Waals surface area contributed by atoms with Gasteiger partial charge in [-0.2, -0.15) is 0 Å². The van der Waals surface area contributed by atoms with Crippen molar-refractivity contribution in [3.8, 4) is 5.75 Å². The number of halogens is 2. The molecule has 3 rings (SSSR count). The van der Waals surface area contributed by atoms with Gasteiger partial charge in [-0.3, -0.25) is 10.1 Å². The quantitative estimate of drug-likeness (QED) is 0.681. The largest absolute Gasteiger partial charge is 0.421 e. The maximum Gasteiger partial charge on any atom is 0.419 e. The van der Waals surface area contributed by atoms with Gasteiger partial charge in [0.15, 0.2) is 5.58 Å². The summed E-state index contributed by atoms with van der Waals surface area (Å²) in [7, 11) is 0. The van der Waals surface area contributed by atoms with Crippen LogP contribution in [-0.2, 0) is 0 Å². The molecule has 1 aromatic heterocycles. The predicted molar refractivity (Wildman–Crippen MR) is 92.4 cm³/mol. The van der Waals surface area contributed by atoms with Gasteiger partial charge >= 0.3 is 11.7 Å². The molecule has 0 saturated carbocycles. The summed E-state index contributed by atoms with van der Waals surface area (Å²) in [6, 6.07) is 12.3. The molecule has 0 atom stereocenters. The van der Waals surface area contributed by atoms with Crippen LogP contribution in [0.1, 0.15) is 10.4 Å². The summed E-state index contributed by atoms with van der Waals surface area (Å²) in [5.74, 6) is -0.718. The fourth-order valence-corrected chi connectivity index (χ4v) is 2.64. The second-order valence-electron chi connectivity index (χ2n) is 4.91. The minimum Gasteiger partial charge on any atom is -0.421 e. The Morgan fingerprint density at radius 2 is 1.76 bits per heavy atom. The lowest BCUT2D eigenvalue weighted by molar-refractivity contribution is 0.0947. The zero-order valence-electron chi connectivity index (χ0n) is 12.4. The Labute approximate surface area is 150 Å². The maximum atomic E-state index is 12.1. The van der Waals surface area contributed by atoms with Crippen molar-refractivity contribution in [1.29, 1.82) is 0 Å². The fourth-order valence-electron chi connectivity index (χ4n) is 2.10. The number of hydrogen-bond acceptors (Lipinski definition) is 5. The number of amides is 2. The van der Waals surface area contributed by atoms with Crippen LogP contribution in [0.15, 0.2) is 57.7 Å². The van der Waals surface area contributed by atoms with Gasteiger partial charge in [0.25, 0.3) is 5.91 Å². The Bertz CT molecular complexity index is 1030. The van der Waals surface area contributed by atoms with E-state index in [1.807, 2.05) is 5.32 Å². The van der Waals surface area contributed by atoms with Crippen molar-refractivity contribution in [3.05, 3.63) is 74.6 Å². The van der Waals surface area contributed by atoms with Crippen molar-refractivity contribution < 1.29 is 18.7 Å². The summed E-state index contributed by atoms with van der Waals surface area (Å²) in [6.07, 6.45) is -1.03. The highest BCUT2D eigenvalue weighted by Crippen LogP contribution is 2.27. The Morgan fingerprint density at radius 3 is 2.48 bits per heavy atom. The van der Waals surface area contributed by atoms with Crippen molar-refractivity contribution in [3.63, 3.8) is 0 Å². The standard InChI is InChI=1S/C17H9Cl2NO5/c18-10-6-9-7-12(16(22)25-14(9)13(19)8-10)15(21)20-17(23)24-11-4-2-1-3-5-11/h1-8H,(H,20,21,23). The van der Waals surface area contributed by atoms with Crippen molar-refractivity contribution in [2.24, 2.45) is 0 Å². The average molecular weight is 378 g/mol. The number of benzene rings is 2. The molecule has 0 bridgehead atoms. The molecule has 2 amide bonds. The van der Waals surface area contributed by atoms with Gasteiger partial charge in [0.1, 0.15) is 11.3 Å². The van der Waals surface area contributed by atoms with E-state index in [9.17, 15) is 14.4 Å². The first-order valence-corrected chi connectivity index (χ1v) is 7.71. The van der Waals surface area contributed by atoms with E-state index in [-0.39, 0.29) is 21.9 Å². The first-order valence-electron chi connectivity index (χ1n) is 6.95. The van der Waals surface area contributed by atoms with Crippen LogP contribution in [-0.4, -0.2) is 12.0 Å². The summed E-state index contributed by atoms with van der Waals surface area (Å²) in [5, 5.41) is 2.74. The smallest absolute Gasteiger partial charge is 0.419 e. The van der Waals surface area contributed by atoms with Crippen LogP contribution in [0.5, 0.6) is 5.75 Å². The molecule has 1 heterocycles. The van der Waals surface area contributed by atoms with E-state index >= 15 is 0 Å². The van der Waals surface area contributed by atoms with Crippen LogP contribution in [0.4, 0.5) is 4.79 Å². The normalized spacial score (nSPS) is 10.5. The second-order valence-corrected chi connectivity index (χ2v) is 5.75. The van der Waals surface area contributed by atoms with Crippen LogP contribution in [0.2, 0.25) is 10.0 Å². The van der Waals surface area contributed by atoms with E-state index < -0.39 is 17.6 Å². The van der Waals surface area contributed by atoms with Crippen LogP contribution in [0.3, 0.4) is 0 Å². The topological polar surface area (TPSA) is 85.6 Å². The molecule has 1 N–H and O–H groups in total. The van der Waals surface area contributed by atoms with Crippen LogP contribution >= 0.6 is 23.2 Å². The van der Waals surface area contributed by atoms with Crippen molar-refractivity contribution >= 4 is 46.2 Å². The number of hydrogen-bond donors (Lipinski definition) is 1. The highest BCUT2D eigenvalue weighted by molar-refractivity contribution is 6.38. The molecule has 8 heteroatoms. The Kier molecular flexibility index (Phi) is 4.74. The summed E-state index contributed by atoms with van der Waals surface area (Å²) in [6.45, 7) is 0. The van der Waals surface area contributed by atoms with Gasteiger partial charge in [-0.1, -0.05) is 41.4 Å². The lowest BCUT2D eigenvalue weighted by atomic mass is 10.2. The van der Waals surface area contributed by atoms with E-state index in [0.717, 1.165) is 0 Å². The number of rotatable bonds is 2. The van der Waals surface area contributed by atoms with E-state index in [0.29, 0.717) is 10.4 Å². The maximum absolute atomic E-state index is 12.1. The molecule has 3 aromatic rings. The molecule has 0 aliphatic rings. The van der Waals surface area contributed by atoms with Gasteiger partial charge in [0.2, 0.25) is 0 Å². The highest BCUT2D eigenvalue weighted by Gasteiger charge is 2.18. The second kappa shape index (κ2) is 6.96. The van der Waals surface area contributed by atoms with Crippen molar-refractivity contribution in [1.82, 2.24) is 5.32 Å². The summed E-state index contributed by atoms with van der Waals surface area (Å²) < 4.78 is 9.97. The van der Waals surface area contributed by atoms with E-state index in [1.54, 1.807) is 30.3 Å². The lowest BCUT2D eigenvalue weighted by Gasteiger charge is -2.06. The predicted octanol–water partition coefficient (Wildman–Crippen LogP) is 4.03. The van der Waals surface area contributed by atoms with E-state index in [4.69, 9.17) is 32.4 Å². The van der Waals surface area contributed by atoms with Gasteiger partial charge in [0.05, 0.1) is 5.02 Å². The van der Waals surface area contributed by atoms with Crippen LogP contribution < -0.4 is 15.7 Å². The Hall–Kier alpha value is -2.83. The molecule has 25 heavy (non-hydrogen) atoms. The summed E-state index contributed by atoms with van der Waals surface area (Å²) in [4.78, 5) is 35.9. The fraction of sp³-hybridized carbons (Fsp3) is 0. The minimum atomic E-state index is -1.03. The Balaban J connectivity index is 1.85. The monoisotopic (exact) mass is 377 g/mol. The van der Waals surface area contributed by atoms with Gasteiger partial charge < -0.3 is 9.15 Å². The molecule has 0 spiro atoms. The third-order valence-electron chi connectivity index (χ3n) is 3.17. The van der Waals surface area contributed by atoms with Crippen LogP contribution in [0, 0.1) is 0 Å². The minimum absolute atomic E-state index is 0.0967. The summed E-state index contributed by atoms with van der Waals surface area (Å²) in [5.41, 5.74) is -1.22. The van der Waals surface area contributed by atoms with Gasteiger partial charge in [-0.25, -0.2) is 9.59 Å². The van der Waals surface area contributed by atoms with Gasteiger partial charge in [-0.15, -0.1) is 0 Å². The molecular weight excluding hydrogens is 369 g/mol. The van der Waals surface area contributed by atoms with Crippen molar-refractivity contribution in [2.45, 2.75) is 0 Å². The molecule has 0 fully saturated rings. The first kappa shape index (κ1) is 17.0. The number of carbonyl (C=O) groups is 2. The molecule has 0 aliphatic heterocycles. The van der Waals surface area contributed by atoms with Crippen LogP contribution in [0.25, 0.3) is 11.0 Å². The average Bonchev–Trinajstić information content (AvgIpc) is 2.55. The first-order chi connectivity index (χ1) is 11.9. The highest BCUT2D eigenvalue weighted by atomic mass is 35.5. The van der Waals surface area contributed by atoms with Crippen molar-refractivity contribution in [2.75, 3.05) is 0 Å². The molecule has 6 nitrogen and oxygen atoms in total. The third-order valence-corrected chi connectivity index (χ3v) is 3.66. The summed E-state index contributed by atoms with van der Waals surface area (Å²) >= 11 is 11.8. The van der Waals surface area contributed by atoms with E-state index in [2.05, 4.69) is 0 Å². The number of nitrogens with one attached hydrogen (secondary N) is 1. The zero-order chi connectivity index (χ0) is 18.0. The van der Waals surface area contributed by atoms with E-state index in [1.165, 1.54) is 18.2 Å². The number of carbonyl (C=O) groups excluding carboxylic acids is 2. The molecular formula is C17H9Cl2NO5. The number of ether oxygens (including phenoxy) is 1. The molecule has 0 unspecified atom stereocenters. The van der Waals surface area contributed by atoms with Gasteiger partial charge in [-0.05, 0) is 30.3 Å². The lowest BCUT2D eigenvalue weighted by Crippen LogP contribution is -2.35. The molecule has 0 aliphatic carbocycles. The number of imide groups is 1.